The zero-order valence-corrected chi connectivity index (χ0v) is 13.9. The van der Waals surface area contributed by atoms with Crippen LogP contribution in [0.5, 0.6) is 0 Å². The zero-order valence-electron chi connectivity index (χ0n) is 13.9. The maximum Gasteiger partial charge on any atom is 0.237 e. The zero-order chi connectivity index (χ0) is 16.9. The molecule has 0 unspecified atom stereocenters. The van der Waals surface area contributed by atoms with Crippen LogP contribution in [0.25, 0.3) is 0 Å². The van der Waals surface area contributed by atoms with Crippen LogP contribution in [0.4, 0.5) is 4.39 Å². The van der Waals surface area contributed by atoms with Gasteiger partial charge in [0.05, 0.1) is 0 Å². The Hall–Kier alpha value is -1.91. The molecule has 0 atom stereocenters. The SMILES string of the molecule is CC(C)(C(=O)NCc1ccccc1F)C(=O)N1CCCCCC1. The fraction of sp³-hybridized carbons (Fsp3) is 0.556. The normalized spacial score (nSPS) is 15.9. The van der Waals surface area contributed by atoms with E-state index in [9.17, 15) is 14.0 Å². The number of nitrogens with one attached hydrogen (secondary N) is 1. The molecule has 0 saturated carbocycles. The van der Waals surface area contributed by atoms with Gasteiger partial charge in [-0.25, -0.2) is 4.39 Å². The van der Waals surface area contributed by atoms with E-state index in [0.29, 0.717) is 18.7 Å². The van der Waals surface area contributed by atoms with Gasteiger partial charge in [0, 0.05) is 25.2 Å². The van der Waals surface area contributed by atoms with E-state index in [4.69, 9.17) is 0 Å². The Labute approximate surface area is 137 Å². The molecule has 4 nitrogen and oxygen atoms in total. The largest absolute Gasteiger partial charge is 0.351 e. The average molecular weight is 320 g/mol. The van der Waals surface area contributed by atoms with Gasteiger partial charge >= 0.3 is 0 Å². The predicted molar refractivity (Wildman–Crippen MR) is 87.1 cm³/mol. The van der Waals surface area contributed by atoms with Crippen LogP contribution in [-0.4, -0.2) is 29.8 Å². The van der Waals surface area contributed by atoms with Crippen molar-refractivity contribution in [2.75, 3.05) is 13.1 Å². The highest BCUT2D eigenvalue weighted by atomic mass is 19.1. The van der Waals surface area contributed by atoms with Crippen molar-refractivity contribution >= 4 is 11.8 Å². The summed E-state index contributed by atoms with van der Waals surface area (Å²) in [6.45, 7) is 4.78. The summed E-state index contributed by atoms with van der Waals surface area (Å²) >= 11 is 0. The Morgan fingerprint density at radius 3 is 2.35 bits per heavy atom. The van der Waals surface area contributed by atoms with Gasteiger partial charge in [-0.3, -0.25) is 9.59 Å². The Morgan fingerprint density at radius 1 is 1.13 bits per heavy atom. The smallest absolute Gasteiger partial charge is 0.237 e. The highest BCUT2D eigenvalue weighted by molar-refractivity contribution is 6.04. The van der Waals surface area contributed by atoms with Crippen LogP contribution in [-0.2, 0) is 16.1 Å². The molecular formula is C18H25FN2O2. The first kappa shape index (κ1) is 17.4. The molecule has 0 radical (unpaired) electrons. The molecule has 126 valence electrons. The molecule has 0 aromatic heterocycles. The molecule has 2 rings (SSSR count). The van der Waals surface area contributed by atoms with Gasteiger partial charge in [0.25, 0.3) is 0 Å². The van der Waals surface area contributed by atoms with Crippen LogP contribution >= 0.6 is 0 Å². The van der Waals surface area contributed by atoms with Crippen LogP contribution in [0.2, 0.25) is 0 Å². The molecule has 23 heavy (non-hydrogen) atoms. The molecule has 0 bridgehead atoms. The second-order valence-corrected chi connectivity index (χ2v) is 6.61. The number of benzene rings is 1. The van der Waals surface area contributed by atoms with Crippen molar-refractivity contribution in [3.05, 3.63) is 35.6 Å². The van der Waals surface area contributed by atoms with Crippen molar-refractivity contribution < 1.29 is 14.0 Å². The quantitative estimate of drug-likeness (QED) is 0.867. The van der Waals surface area contributed by atoms with E-state index in [1.807, 2.05) is 0 Å². The summed E-state index contributed by atoms with van der Waals surface area (Å²) in [4.78, 5) is 26.9. The lowest BCUT2D eigenvalue weighted by molar-refractivity contribution is -0.148. The minimum atomic E-state index is -1.14. The number of likely N-dealkylation sites (tertiary alicyclic amines) is 1. The summed E-state index contributed by atoms with van der Waals surface area (Å²) in [5.74, 6) is -0.870. The molecule has 1 aromatic rings. The van der Waals surface area contributed by atoms with Crippen LogP contribution in [0.1, 0.15) is 45.1 Å². The summed E-state index contributed by atoms with van der Waals surface area (Å²) in [6, 6.07) is 6.31. The number of rotatable bonds is 4. The number of halogens is 1. The van der Waals surface area contributed by atoms with Gasteiger partial charge in [-0.15, -0.1) is 0 Å². The lowest BCUT2D eigenvalue weighted by Gasteiger charge is -2.30. The number of carbonyl (C=O) groups is 2. The molecular weight excluding hydrogens is 295 g/mol. The van der Waals surface area contributed by atoms with Gasteiger partial charge in [-0.2, -0.15) is 0 Å². The van der Waals surface area contributed by atoms with Crippen molar-refractivity contribution in [2.24, 2.45) is 5.41 Å². The van der Waals surface area contributed by atoms with Gasteiger partial charge < -0.3 is 10.2 Å². The van der Waals surface area contributed by atoms with Crippen LogP contribution in [0.15, 0.2) is 24.3 Å². The van der Waals surface area contributed by atoms with E-state index >= 15 is 0 Å². The summed E-state index contributed by atoms with van der Waals surface area (Å²) in [6.07, 6.45) is 4.23. The van der Waals surface area contributed by atoms with Crippen molar-refractivity contribution in [1.82, 2.24) is 10.2 Å². The van der Waals surface area contributed by atoms with E-state index in [1.165, 1.54) is 6.07 Å². The molecule has 2 amide bonds. The highest BCUT2D eigenvalue weighted by Gasteiger charge is 2.39. The maximum absolute atomic E-state index is 13.6. The molecule has 0 spiro atoms. The molecule has 1 aliphatic rings. The number of nitrogens with zero attached hydrogens (tertiary/aromatic N) is 1. The van der Waals surface area contributed by atoms with E-state index in [2.05, 4.69) is 5.32 Å². The first-order valence-corrected chi connectivity index (χ1v) is 8.24. The molecule has 5 heteroatoms. The van der Waals surface area contributed by atoms with Crippen molar-refractivity contribution in [3.8, 4) is 0 Å². The Balaban J connectivity index is 1.98. The molecule has 1 aliphatic heterocycles. The fourth-order valence-corrected chi connectivity index (χ4v) is 2.80. The topological polar surface area (TPSA) is 49.4 Å². The van der Waals surface area contributed by atoms with Crippen LogP contribution < -0.4 is 5.32 Å². The third-order valence-corrected chi connectivity index (χ3v) is 4.39. The number of hydrogen-bond acceptors (Lipinski definition) is 2. The molecule has 1 aromatic carbocycles. The molecule has 1 heterocycles. The maximum atomic E-state index is 13.6. The summed E-state index contributed by atoms with van der Waals surface area (Å²) in [7, 11) is 0. The van der Waals surface area contributed by atoms with Gasteiger partial charge in [0.1, 0.15) is 11.2 Å². The molecule has 0 aliphatic carbocycles. The van der Waals surface area contributed by atoms with E-state index in [0.717, 1.165) is 25.7 Å². The number of amides is 2. The third kappa shape index (κ3) is 4.30. The standard InChI is InChI=1S/C18H25FN2O2/c1-18(2,17(23)21-11-7-3-4-8-12-21)16(22)20-13-14-9-5-6-10-15(14)19/h5-6,9-10H,3-4,7-8,11-13H2,1-2H3,(H,20,22). The van der Waals surface area contributed by atoms with Crippen LogP contribution in [0.3, 0.4) is 0 Å². The van der Waals surface area contributed by atoms with E-state index in [-0.39, 0.29) is 24.2 Å². The minimum absolute atomic E-state index is 0.0855. The second kappa shape index (κ2) is 7.57. The van der Waals surface area contributed by atoms with Gasteiger partial charge in [0.15, 0.2) is 0 Å². The Morgan fingerprint density at radius 2 is 1.74 bits per heavy atom. The summed E-state index contributed by atoms with van der Waals surface area (Å²) in [5.41, 5.74) is -0.728. The molecule has 1 fully saturated rings. The lowest BCUT2D eigenvalue weighted by atomic mass is 9.90. The highest BCUT2D eigenvalue weighted by Crippen LogP contribution is 2.22. The summed E-state index contributed by atoms with van der Waals surface area (Å²) in [5, 5.41) is 2.69. The third-order valence-electron chi connectivity index (χ3n) is 4.39. The Kier molecular flexibility index (Phi) is 5.74. The van der Waals surface area contributed by atoms with Gasteiger partial charge in [-0.05, 0) is 32.8 Å². The monoisotopic (exact) mass is 320 g/mol. The number of hydrogen-bond donors (Lipinski definition) is 1. The first-order valence-electron chi connectivity index (χ1n) is 8.24. The van der Waals surface area contributed by atoms with E-state index < -0.39 is 5.41 Å². The summed E-state index contributed by atoms with van der Waals surface area (Å²) < 4.78 is 13.6. The van der Waals surface area contributed by atoms with Gasteiger partial charge in [-0.1, -0.05) is 31.0 Å². The van der Waals surface area contributed by atoms with Crippen molar-refractivity contribution in [2.45, 2.75) is 46.1 Å². The van der Waals surface area contributed by atoms with E-state index in [1.54, 1.807) is 36.9 Å². The predicted octanol–water partition coefficient (Wildman–Crippen LogP) is 2.87. The minimum Gasteiger partial charge on any atom is -0.351 e. The fourth-order valence-electron chi connectivity index (χ4n) is 2.80. The van der Waals surface area contributed by atoms with Gasteiger partial charge in [0.2, 0.25) is 11.8 Å². The molecule has 1 N–H and O–H groups in total. The lowest BCUT2D eigenvalue weighted by Crippen LogP contribution is -2.49. The first-order chi connectivity index (χ1) is 10.9. The van der Waals surface area contributed by atoms with Crippen molar-refractivity contribution in [1.29, 1.82) is 0 Å². The molecule has 1 saturated heterocycles. The van der Waals surface area contributed by atoms with Crippen molar-refractivity contribution in [3.63, 3.8) is 0 Å². The average Bonchev–Trinajstić information content (AvgIpc) is 2.82. The Bertz CT molecular complexity index is 564. The second-order valence-electron chi connectivity index (χ2n) is 6.61. The van der Waals surface area contributed by atoms with Crippen LogP contribution in [0, 0.1) is 11.2 Å². The number of carbonyl (C=O) groups excluding carboxylic acids is 2.